The minimum Gasteiger partial charge on any atom is -0.449 e. The Morgan fingerprint density at radius 2 is 1.76 bits per heavy atom. The van der Waals surface area contributed by atoms with E-state index in [1.165, 1.54) is 24.3 Å². The molecule has 0 N–H and O–H groups in total. The van der Waals surface area contributed by atoms with E-state index in [1.54, 1.807) is 19.1 Å². The molecule has 0 aliphatic heterocycles. The molecular formula is C21H15N3O5. The molecule has 8 heteroatoms. The molecule has 0 radical (unpaired) electrons. The lowest BCUT2D eigenvalue weighted by Gasteiger charge is -2.11. The summed E-state index contributed by atoms with van der Waals surface area (Å²) in [5.74, 6) is -0.181. The Hall–Kier alpha value is -4.07. The highest BCUT2D eigenvalue weighted by atomic mass is 16.6. The molecule has 1 aromatic heterocycles. The fourth-order valence-electron chi connectivity index (χ4n) is 2.92. The van der Waals surface area contributed by atoms with Crippen molar-refractivity contribution in [2.45, 2.75) is 13.0 Å². The minimum atomic E-state index is -0.763. The highest BCUT2D eigenvalue weighted by Crippen LogP contribution is 2.26. The monoisotopic (exact) mass is 389 g/mol. The average molecular weight is 389 g/mol. The van der Waals surface area contributed by atoms with Crippen LogP contribution < -0.4 is 0 Å². The number of rotatable bonds is 5. The molecule has 0 amide bonds. The second-order valence-corrected chi connectivity index (χ2v) is 6.32. The second kappa shape index (κ2) is 7.51. The largest absolute Gasteiger partial charge is 0.449 e. The topological polar surface area (TPSA) is 108 Å². The number of aromatic nitrogens is 2. The van der Waals surface area contributed by atoms with E-state index in [-0.39, 0.29) is 17.5 Å². The van der Waals surface area contributed by atoms with Gasteiger partial charge in [0.25, 0.3) is 11.6 Å². The van der Waals surface area contributed by atoms with Gasteiger partial charge >= 0.3 is 5.97 Å². The van der Waals surface area contributed by atoms with Crippen molar-refractivity contribution in [3.05, 3.63) is 88.3 Å². The van der Waals surface area contributed by atoms with Gasteiger partial charge in [0, 0.05) is 17.7 Å². The number of esters is 1. The number of nitro benzene ring substituents is 1. The lowest BCUT2D eigenvalue weighted by atomic mass is 10.0. The predicted molar refractivity (Wildman–Crippen MR) is 104 cm³/mol. The SMILES string of the molecule is C[C@@H](OC(=O)c1cccc2ccccc12)c1nnc(-c2ccc([N+](=O)[O-])cc2)o1. The number of hydrogen-bond acceptors (Lipinski definition) is 7. The Labute approximate surface area is 164 Å². The summed E-state index contributed by atoms with van der Waals surface area (Å²) in [6.07, 6.45) is -0.763. The fraction of sp³-hybridized carbons (Fsp3) is 0.0952. The molecular weight excluding hydrogens is 374 g/mol. The molecule has 0 saturated heterocycles. The lowest BCUT2D eigenvalue weighted by molar-refractivity contribution is -0.384. The van der Waals surface area contributed by atoms with Gasteiger partial charge in [0.2, 0.25) is 5.89 Å². The normalized spacial score (nSPS) is 11.9. The maximum absolute atomic E-state index is 12.6. The van der Waals surface area contributed by atoms with E-state index in [2.05, 4.69) is 10.2 Å². The quantitative estimate of drug-likeness (QED) is 0.276. The van der Waals surface area contributed by atoms with Crippen LogP contribution in [0.15, 0.2) is 71.1 Å². The van der Waals surface area contributed by atoms with Crippen molar-refractivity contribution in [3.8, 4) is 11.5 Å². The molecule has 0 unspecified atom stereocenters. The van der Waals surface area contributed by atoms with Gasteiger partial charge in [-0.25, -0.2) is 4.79 Å². The molecule has 4 rings (SSSR count). The van der Waals surface area contributed by atoms with Crippen LogP contribution >= 0.6 is 0 Å². The Morgan fingerprint density at radius 1 is 1.03 bits per heavy atom. The van der Waals surface area contributed by atoms with E-state index in [4.69, 9.17) is 9.15 Å². The first-order valence-corrected chi connectivity index (χ1v) is 8.80. The average Bonchev–Trinajstić information content (AvgIpc) is 3.24. The zero-order valence-electron chi connectivity index (χ0n) is 15.3. The summed E-state index contributed by atoms with van der Waals surface area (Å²) in [5.41, 5.74) is 0.942. The number of hydrogen-bond donors (Lipinski definition) is 0. The lowest BCUT2D eigenvalue weighted by Crippen LogP contribution is -2.10. The molecule has 0 spiro atoms. The molecule has 3 aromatic carbocycles. The molecule has 0 aliphatic rings. The van der Waals surface area contributed by atoms with Crippen molar-refractivity contribution in [1.29, 1.82) is 0 Å². The van der Waals surface area contributed by atoms with Crippen LogP contribution in [0, 0.1) is 10.1 Å². The maximum atomic E-state index is 12.6. The highest BCUT2D eigenvalue weighted by Gasteiger charge is 2.21. The van der Waals surface area contributed by atoms with Gasteiger partial charge in [-0.3, -0.25) is 10.1 Å². The zero-order chi connectivity index (χ0) is 20.4. The number of nitrogens with zero attached hydrogens (tertiary/aromatic N) is 3. The van der Waals surface area contributed by atoms with Gasteiger partial charge < -0.3 is 9.15 Å². The number of carbonyl (C=O) groups is 1. The van der Waals surface area contributed by atoms with E-state index >= 15 is 0 Å². The Morgan fingerprint density at radius 3 is 2.52 bits per heavy atom. The number of non-ortho nitro benzene ring substituents is 1. The zero-order valence-corrected chi connectivity index (χ0v) is 15.3. The predicted octanol–water partition coefficient (Wildman–Crippen LogP) is 4.72. The molecule has 1 heterocycles. The second-order valence-electron chi connectivity index (χ2n) is 6.32. The van der Waals surface area contributed by atoms with Gasteiger partial charge in [-0.05, 0) is 35.9 Å². The van der Waals surface area contributed by atoms with Crippen LogP contribution in [-0.2, 0) is 4.74 Å². The summed E-state index contributed by atoms with van der Waals surface area (Å²) < 4.78 is 11.1. The standard InChI is InChI=1S/C21H15N3O5/c1-13(28-21(25)18-8-4-6-14-5-2-3-7-17(14)18)19-22-23-20(29-19)15-9-11-16(12-10-15)24(26)27/h2-13H,1H3/t13-/m1/s1. The molecule has 29 heavy (non-hydrogen) atoms. The molecule has 0 saturated carbocycles. The van der Waals surface area contributed by atoms with Crippen molar-refractivity contribution in [1.82, 2.24) is 10.2 Å². The number of benzene rings is 3. The summed E-state index contributed by atoms with van der Waals surface area (Å²) in [7, 11) is 0. The molecule has 0 bridgehead atoms. The number of fused-ring (bicyclic) bond motifs is 1. The third-order valence-corrected chi connectivity index (χ3v) is 4.41. The van der Waals surface area contributed by atoms with Crippen molar-refractivity contribution in [2.75, 3.05) is 0 Å². The van der Waals surface area contributed by atoms with Gasteiger partial charge in [-0.1, -0.05) is 36.4 Å². The van der Waals surface area contributed by atoms with Gasteiger partial charge in [-0.15, -0.1) is 10.2 Å². The first-order chi connectivity index (χ1) is 14.0. The van der Waals surface area contributed by atoms with Crippen LogP contribution in [0.25, 0.3) is 22.2 Å². The smallest absolute Gasteiger partial charge is 0.339 e. The van der Waals surface area contributed by atoms with Gasteiger partial charge in [-0.2, -0.15) is 0 Å². The van der Waals surface area contributed by atoms with Crippen LogP contribution in [0.3, 0.4) is 0 Å². The summed E-state index contributed by atoms with van der Waals surface area (Å²) in [4.78, 5) is 22.9. The number of nitro groups is 1. The summed E-state index contributed by atoms with van der Waals surface area (Å²) in [6.45, 7) is 1.64. The summed E-state index contributed by atoms with van der Waals surface area (Å²) >= 11 is 0. The van der Waals surface area contributed by atoms with Crippen LogP contribution in [0.5, 0.6) is 0 Å². The minimum absolute atomic E-state index is 0.0362. The van der Waals surface area contributed by atoms with E-state index in [0.29, 0.717) is 11.1 Å². The van der Waals surface area contributed by atoms with E-state index in [1.807, 2.05) is 30.3 Å². The first-order valence-electron chi connectivity index (χ1n) is 8.80. The Balaban J connectivity index is 1.52. The molecule has 0 aliphatic carbocycles. The molecule has 8 nitrogen and oxygen atoms in total. The van der Waals surface area contributed by atoms with Crippen molar-refractivity contribution in [2.24, 2.45) is 0 Å². The molecule has 144 valence electrons. The first kappa shape index (κ1) is 18.3. The third-order valence-electron chi connectivity index (χ3n) is 4.41. The molecule has 0 fully saturated rings. The van der Waals surface area contributed by atoms with Crippen LogP contribution in [0.1, 0.15) is 29.3 Å². The summed E-state index contributed by atoms with van der Waals surface area (Å²) in [6, 6.07) is 18.7. The van der Waals surface area contributed by atoms with Crippen molar-refractivity contribution < 1.29 is 18.9 Å². The molecule has 4 aromatic rings. The van der Waals surface area contributed by atoms with Crippen molar-refractivity contribution >= 4 is 22.4 Å². The van der Waals surface area contributed by atoms with E-state index in [9.17, 15) is 14.9 Å². The van der Waals surface area contributed by atoms with Crippen LogP contribution in [0.4, 0.5) is 5.69 Å². The fourth-order valence-corrected chi connectivity index (χ4v) is 2.92. The maximum Gasteiger partial charge on any atom is 0.339 e. The Bertz CT molecular complexity index is 1200. The number of carbonyl (C=O) groups excluding carboxylic acids is 1. The number of ether oxygens (including phenoxy) is 1. The van der Waals surface area contributed by atoms with Crippen LogP contribution in [-0.4, -0.2) is 21.1 Å². The van der Waals surface area contributed by atoms with Gasteiger partial charge in [0.15, 0.2) is 6.10 Å². The van der Waals surface area contributed by atoms with Crippen molar-refractivity contribution in [3.63, 3.8) is 0 Å². The molecule has 1 atom stereocenters. The Kier molecular flexibility index (Phi) is 4.74. The highest BCUT2D eigenvalue weighted by molar-refractivity contribution is 6.04. The third kappa shape index (κ3) is 3.68. The van der Waals surface area contributed by atoms with Crippen LogP contribution in [0.2, 0.25) is 0 Å². The summed E-state index contributed by atoms with van der Waals surface area (Å²) in [5, 5.41) is 20.3. The van der Waals surface area contributed by atoms with Gasteiger partial charge in [0.1, 0.15) is 0 Å². The van der Waals surface area contributed by atoms with E-state index < -0.39 is 17.0 Å². The van der Waals surface area contributed by atoms with E-state index in [0.717, 1.165) is 10.8 Å². The van der Waals surface area contributed by atoms with Gasteiger partial charge in [0.05, 0.1) is 10.5 Å².